The molecule has 0 amide bonds. The van der Waals surface area contributed by atoms with E-state index in [9.17, 15) is 0 Å². The van der Waals surface area contributed by atoms with Crippen molar-refractivity contribution in [1.82, 2.24) is 0 Å². The van der Waals surface area contributed by atoms with Crippen molar-refractivity contribution in [3.63, 3.8) is 0 Å². The van der Waals surface area contributed by atoms with Gasteiger partial charge in [-0.3, -0.25) is 0 Å². The van der Waals surface area contributed by atoms with Gasteiger partial charge in [-0.1, -0.05) is 72.8 Å². The van der Waals surface area contributed by atoms with Gasteiger partial charge < -0.3 is 0 Å². The molecule has 1 atom stereocenters. The molecule has 0 saturated heterocycles. The molecule has 1 aliphatic carbocycles. The molecule has 0 N–H and O–H groups in total. The van der Waals surface area contributed by atoms with Crippen LogP contribution >= 0.6 is 0 Å². The second kappa shape index (κ2) is 6.88. The van der Waals surface area contributed by atoms with E-state index < -0.39 is 0 Å². The van der Waals surface area contributed by atoms with E-state index in [4.69, 9.17) is 0 Å². The Labute approximate surface area is 145 Å². The number of hydrogen-bond donors (Lipinski definition) is 0. The Hall–Kier alpha value is -2.60. The molecular formula is C24H24. The quantitative estimate of drug-likeness (QED) is 0.547. The smallest absolute Gasteiger partial charge is 0.0428 e. The van der Waals surface area contributed by atoms with Gasteiger partial charge in [0.05, 0.1) is 0 Å². The highest BCUT2D eigenvalue weighted by Gasteiger charge is 2.37. The van der Waals surface area contributed by atoms with Crippen molar-refractivity contribution in [2.75, 3.05) is 0 Å². The number of fused-ring (bicyclic) bond motifs is 1. The summed E-state index contributed by atoms with van der Waals surface area (Å²) in [5.74, 6) is 0. The van der Waals surface area contributed by atoms with E-state index in [2.05, 4.69) is 74.4 Å². The summed E-state index contributed by atoms with van der Waals surface area (Å²) in [6.45, 7) is 11.9. The summed E-state index contributed by atoms with van der Waals surface area (Å²) < 4.78 is 0. The average molecular weight is 312 g/mol. The van der Waals surface area contributed by atoms with E-state index in [1.165, 1.54) is 27.8 Å². The van der Waals surface area contributed by atoms with Crippen molar-refractivity contribution < 1.29 is 0 Å². The monoisotopic (exact) mass is 312 g/mol. The molecule has 0 radical (unpaired) electrons. The molecule has 120 valence electrons. The molecule has 3 rings (SSSR count). The normalized spacial score (nSPS) is 18.2. The van der Waals surface area contributed by atoms with E-state index >= 15 is 0 Å². The third kappa shape index (κ3) is 2.59. The maximum Gasteiger partial charge on any atom is 0.0428 e. The van der Waals surface area contributed by atoms with Gasteiger partial charge in [-0.15, -0.1) is 19.7 Å². The number of benzene rings is 2. The Bertz CT molecular complexity index is 807. The average Bonchev–Trinajstić information content (AvgIpc) is 2.97. The minimum absolute atomic E-state index is 0.131. The van der Waals surface area contributed by atoms with Crippen LogP contribution in [0.25, 0.3) is 6.08 Å². The highest BCUT2D eigenvalue weighted by atomic mass is 14.4. The molecule has 0 spiro atoms. The summed E-state index contributed by atoms with van der Waals surface area (Å²) in [6.07, 6.45) is 13.2. The third-order valence-corrected chi connectivity index (χ3v) is 4.92. The van der Waals surface area contributed by atoms with Crippen LogP contribution in [0.4, 0.5) is 0 Å². The molecule has 0 saturated carbocycles. The van der Waals surface area contributed by atoms with E-state index in [1.54, 1.807) is 0 Å². The SMILES string of the molecule is C=CCc1cccc(C2(CC=C)C=Cc3ccccc32)c1CC=C. The molecule has 0 heteroatoms. The third-order valence-electron chi connectivity index (χ3n) is 4.92. The van der Waals surface area contributed by atoms with Gasteiger partial charge in [0, 0.05) is 5.41 Å². The fourth-order valence-corrected chi connectivity index (χ4v) is 3.91. The summed E-state index contributed by atoms with van der Waals surface area (Å²) in [7, 11) is 0. The van der Waals surface area contributed by atoms with Crippen LogP contribution in [-0.4, -0.2) is 0 Å². The molecule has 24 heavy (non-hydrogen) atoms. The van der Waals surface area contributed by atoms with Gasteiger partial charge >= 0.3 is 0 Å². The summed E-state index contributed by atoms with van der Waals surface area (Å²) >= 11 is 0. The molecule has 1 unspecified atom stereocenters. The lowest BCUT2D eigenvalue weighted by Crippen LogP contribution is -2.25. The first-order valence-corrected chi connectivity index (χ1v) is 8.49. The van der Waals surface area contributed by atoms with Gasteiger partial charge in [0.1, 0.15) is 0 Å². The van der Waals surface area contributed by atoms with Crippen LogP contribution in [-0.2, 0) is 18.3 Å². The number of hydrogen-bond acceptors (Lipinski definition) is 0. The molecule has 2 aromatic carbocycles. The van der Waals surface area contributed by atoms with Crippen molar-refractivity contribution in [2.24, 2.45) is 0 Å². The zero-order chi connectivity index (χ0) is 17.0. The molecule has 0 bridgehead atoms. The minimum Gasteiger partial charge on any atom is -0.103 e. The van der Waals surface area contributed by atoms with Crippen molar-refractivity contribution in [3.05, 3.63) is 114 Å². The second-order valence-electron chi connectivity index (χ2n) is 6.31. The highest BCUT2D eigenvalue weighted by Crippen LogP contribution is 2.46. The Balaban J connectivity index is 2.27. The van der Waals surface area contributed by atoms with Crippen molar-refractivity contribution >= 4 is 6.08 Å². The first-order chi connectivity index (χ1) is 11.8. The van der Waals surface area contributed by atoms with Gasteiger partial charge in [-0.2, -0.15) is 0 Å². The van der Waals surface area contributed by atoms with Gasteiger partial charge in [0.25, 0.3) is 0 Å². The fourth-order valence-electron chi connectivity index (χ4n) is 3.91. The summed E-state index contributed by atoms with van der Waals surface area (Å²) in [4.78, 5) is 0. The van der Waals surface area contributed by atoms with Crippen LogP contribution < -0.4 is 0 Å². The number of rotatable bonds is 7. The molecule has 2 aromatic rings. The summed E-state index contributed by atoms with van der Waals surface area (Å²) in [6, 6.07) is 15.3. The Morgan fingerprint density at radius 3 is 2.29 bits per heavy atom. The van der Waals surface area contributed by atoms with Crippen molar-refractivity contribution in [3.8, 4) is 0 Å². The molecular weight excluding hydrogens is 288 g/mol. The molecule has 1 aliphatic rings. The topological polar surface area (TPSA) is 0 Å². The van der Waals surface area contributed by atoms with E-state index in [-0.39, 0.29) is 5.41 Å². The van der Waals surface area contributed by atoms with Crippen molar-refractivity contribution in [2.45, 2.75) is 24.7 Å². The van der Waals surface area contributed by atoms with Gasteiger partial charge in [-0.05, 0) is 47.1 Å². The number of allylic oxidation sites excluding steroid dienone is 4. The van der Waals surface area contributed by atoms with Crippen LogP contribution in [0.5, 0.6) is 0 Å². The Morgan fingerprint density at radius 2 is 1.54 bits per heavy atom. The standard InChI is InChI=1S/C24H24/c1-4-10-19-13-9-15-23(21(19)11-5-2)24(17-6-3)18-16-20-12-7-8-14-22(20)24/h4-9,12-16,18H,1-3,10-11,17H2. The summed E-state index contributed by atoms with van der Waals surface area (Å²) in [5, 5.41) is 0. The highest BCUT2D eigenvalue weighted by molar-refractivity contribution is 5.70. The van der Waals surface area contributed by atoms with Gasteiger partial charge in [0.15, 0.2) is 0 Å². The van der Waals surface area contributed by atoms with E-state index in [0.717, 1.165) is 19.3 Å². The zero-order valence-electron chi connectivity index (χ0n) is 14.2. The first-order valence-electron chi connectivity index (χ1n) is 8.49. The molecule has 0 aliphatic heterocycles. The Kier molecular flexibility index (Phi) is 4.66. The zero-order valence-corrected chi connectivity index (χ0v) is 14.2. The van der Waals surface area contributed by atoms with Gasteiger partial charge in [-0.25, -0.2) is 0 Å². The lowest BCUT2D eigenvalue weighted by atomic mass is 9.71. The molecule has 0 heterocycles. The van der Waals surface area contributed by atoms with Crippen LogP contribution in [0.1, 0.15) is 34.2 Å². The minimum atomic E-state index is -0.131. The Morgan fingerprint density at radius 1 is 0.792 bits per heavy atom. The van der Waals surface area contributed by atoms with E-state index in [1.807, 2.05) is 18.2 Å². The van der Waals surface area contributed by atoms with Crippen molar-refractivity contribution in [1.29, 1.82) is 0 Å². The maximum absolute atomic E-state index is 4.03. The van der Waals surface area contributed by atoms with Crippen LogP contribution in [0.3, 0.4) is 0 Å². The van der Waals surface area contributed by atoms with Crippen LogP contribution in [0, 0.1) is 0 Å². The molecule has 0 aromatic heterocycles. The molecule has 0 nitrogen and oxygen atoms in total. The van der Waals surface area contributed by atoms with E-state index in [0.29, 0.717) is 0 Å². The first kappa shape index (κ1) is 16.3. The van der Waals surface area contributed by atoms with Crippen LogP contribution in [0.15, 0.2) is 86.5 Å². The van der Waals surface area contributed by atoms with Crippen LogP contribution in [0.2, 0.25) is 0 Å². The lowest BCUT2D eigenvalue weighted by molar-refractivity contribution is 0.658. The van der Waals surface area contributed by atoms with Gasteiger partial charge in [0.2, 0.25) is 0 Å². The largest absolute Gasteiger partial charge is 0.103 e. The maximum atomic E-state index is 4.03. The fraction of sp³-hybridized carbons (Fsp3) is 0.167. The predicted octanol–water partition coefficient (Wildman–Crippen LogP) is 6.03. The lowest BCUT2D eigenvalue weighted by Gasteiger charge is -2.32. The summed E-state index contributed by atoms with van der Waals surface area (Å²) in [5.41, 5.74) is 6.61. The predicted molar refractivity (Wildman–Crippen MR) is 105 cm³/mol. The molecule has 0 fully saturated rings. The second-order valence-corrected chi connectivity index (χ2v) is 6.31.